The number of halogens is 1. The molecule has 1 nitrogen and oxygen atoms in total. The van der Waals surface area contributed by atoms with E-state index >= 15 is 0 Å². The van der Waals surface area contributed by atoms with Crippen LogP contribution in [0.25, 0.3) is 11.1 Å². The molecule has 2 heteroatoms. The van der Waals surface area contributed by atoms with Crippen molar-refractivity contribution in [1.82, 2.24) is 0 Å². The number of benzene rings is 2. The molecular formula is C14H13BrO. The van der Waals surface area contributed by atoms with Crippen LogP contribution >= 0.6 is 15.9 Å². The van der Waals surface area contributed by atoms with E-state index in [1.165, 1.54) is 16.7 Å². The van der Waals surface area contributed by atoms with Gasteiger partial charge in [-0.25, -0.2) is 0 Å². The quantitative estimate of drug-likeness (QED) is 0.814. The Hall–Kier alpha value is -1.12. The summed E-state index contributed by atoms with van der Waals surface area (Å²) in [4.78, 5) is 0. The number of hydrogen-bond donors (Lipinski definition) is 0. The van der Waals surface area contributed by atoms with Gasteiger partial charge in [-0.05, 0) is 34.9 Å². The zero-order valence-corrected chi connectivity index (χ0v) is 10.7. The Labute approximate surface area is 104 Å². The lowest BCUT2D eigenvalue weighted by Crippen LogP contribution is -1.87. The monoisotopic (exact) mass is 276 g/mol. The van der Waals surface area contributed by atoms with Crippen molar-refractivity contribution in [2.45, 2.75) is 6.61 Å². The highest BCUT2D eigenvalue weighted by atomic mass is 79.9. The van der Waals surface area contributed by atoms with Gasteiger partial charge in [0.05, 0.1) is 6.61 Å². The lowest BCUT2D eigenvalue weighted by Gasteiger charge is -2.05. The van der Waals surface area contributed by atoms with Gasteiger partial charge in [-0.15, -0.1) is 0 Å². The molecule has 16 heavy (non-hydrogen) atoms. The Balaban J connectivity index is 2.32. The molecule has 2 aromatic carbocycles. The van der Waals surface area contributed by atoms with E-state index in [-0.39, 0.29) is 0 Å². The zero-order chi connectivity index (χ0) is 11.4. The Morgan fingerprint density at radius 3 is 2.44 bits per heavy atom. The second-order valence-electron chi connectivity index (χ2n) is 3.64. The molecule has 0 aliphatic carbocycles. The maximum Gasteiger partial charge on any atom is 0.0713 e. The summed E-state index contributed by atoms with van der Waals surface area (Å²) in [6, 6.07) is 16.7. The minimum absolute atomic E-state index is 0.657. The van der Waals surface area contributed by atoms with E-state index in [1.54, 1.807) is 7.11 Å². The average molecular weight is 277 g/mol. The van der Waals surface area contributed by atoms with Crippen LogP contribution in [0.3, 0.4) is 0 Å². The van der Waals surface area contributed by atoms with Gasteiger partial charge in [0.15, 0.2) is 0 Å². The fourth-order valence-corrected chi connectivity index (χ4v) is 1.91. The van der Waals surface area contributed by atoms with E-state index < -0.39 is 0 Å². The van der Waals surface area contributed by atoms with Crippen molar-refractivity contribution in [2.75, 3.05) is 7.11 Å². The first-order chi connectivity index (χ1) is 7.79. The van der Waals surface area contributed by atoms with Crippen molar-refractivity contribution >= 4 is 15.9 Å². The van der Waals surface area contributed by atoms with Gasteiger partial charge in [0, 0.05) is 11.6 Å². The van der Waals surface area contributed by atoms with Crippen LogP contribution in [-0.2, 0) is 11.3 Å². The first-order valence-corrected chi connectivity index (χ1v) is 5.93. The highest BCUT2D eigenvalue weighted by Gasteiger charge is 1.99. The predicted molar refractivity (Wildman–Crippen MR) is 70.3 cm³/mol. The molecule has 82 valence electrons. The maximum atomic E-state index is 5.13. The van der Waals surface area contributed by atoms with Crippen molar-refractivity contribution in [3.05, 3.63) is 58.6 Å². The molecule has 2 aromatic rings. The fourth-order valence-electron chi connectivity index (χ4n) is 1.65. The molecule has 0 radical (unpaired) electrons. The molecule has 0 atom stereocenters. The molecule has 0 saturated heterocycles. The number of ether oxygens (including phenoxy) is 1. The van der Waals surface area contributed by atoms with Crippen LogP contribution < -0.4 is 0 Å². The van der Waals surface area contributed by atoms with Crippen molar-refractivity contribution in [1.29, 1.82) is 0 Å². The Morgan fingerprint density at radius 1 is 1.00 bits per heavy atom. The molecule has 2 rings (SSSR count). The zero-order valence-electron chi connectivity index (χ0n) is 9.11. The Morgan fingerprint density at radius 2 is 1.75 bits per heavy atom. The lowest BCUT2D eigenvalue weighted by molar-refractivity contribution is 0.185. The first kappa shape index (κ1) is 11.4. The molecule has 0 aliphatic rings. The predicted octanol–water partition coefficient (Wildman–Crippen LogP) is 4.26. The summed E-state index contributed by atoms with van der Waals surface area (Å²) in [5, 5.41) is 0. The van der Waals surface area contributed by atoms with E-state index in [1.807, 2.05) is 0 Å². The van der Waals surface area contributed by atoms with Gasteiger partial charge in [0.2, 0.25) is 0 Å². The summed E-state index contributed by atoms with van der Waals surface area (Å²) in [6.07, 6.45) is 0. The van der Waals surface area contributed by atoms with E-state index in [4.69, 9.17) is 4.74 Å². The van der Waals surface area contributed by atoms with E-state index in [0.29, 0.717) is 6.61 Å². The topological polar surface area (TPSA) is 9.23 Å². The normalized spacial score (nSPS) is 10.4. The molecule has 0 aromatic heterocycles. The molecular weight excluding hydrogens is 264 g/mol. The average Bonchev–Trinajstić information content (AvgIpc) is 2.31. The van der Waals surface area contributed by atoms with Crippen molar-refractivity contribution in [3.63, 3.8) is 0 Å². The van der Waals surface area contributed by atoms with Crippen LogP contribution in [0.1, 0.15) is 5.56 Å². The number of hydrogen-bond acceptors (Lipinski definition) is 1. The van der Waals surface area contributed by atoms with E-state index in [2.05, 4.69) is 64.5 Å². The third-order valence-electron chi connectivity index (χ3n) is 2.42. The standard InChI is InChI=1S/C14H13BrO/c1-16-10-11-3-2-4-13(9-11)12-5-7-14(15)8-6-12/h2-9H,10H2,1H3. The third-order valence-corrected chi connectivity index (χ3v) is 2.94. The Bertz CT molecular complexity index is 462. The third kappa shape index (κ3) is 2.71. The van der Waals surface area contributed by atoms with Crippen molar-refractivity contribution < 1.29 is 4.74 Å². The van der Waals surface area contributed by atoms with Crippen LogP contribution in [0.2, 0.25) is 0 Å². The molecule has 0 saturated carbocycles. The van der Waals surface area contributed by atoms with Gasteiger partial charge in [-0.1, -0.05) is 46.3 Å². The van der Waals surface area contributed by atoms with Crippen LogP contribution in [-0.4, -0.2) is 7.11 Å². The van der Waals surface area contributed by atoms with Crippen molar-refractivity contribution in [2.24, 2.45) is 0 Å². The second-order valence-corrected chi connectivity index (χ2v) is 4.56. The molecule has 0 bridgehead atoms. The summed E-state index contributed by atoms with van der Waals surface area (Å²) < 4.78 is 6.23. The summed E-state index contributed by atoms with van der Waals surface area (Å²) >= 11 is 3.44. The van der Waals surface area contributed by atoms with E-state index in [9.17, 15) is 0 Å². The molecule has 0 fully saturated rings. The van der Waals surface area contributed by atoms with Crippen LogP contribution in [0.5, 0.6) is 0 Å². The van der Waals surface area contributed by atoms with Gasteiger partial charge in [0.25, 0.3) is 0 Å². The number of rotatable bonds is 3. The van der Waals surface area contributed by atoms with Gasteiger partial charge in [-0.3, -0.25) is 0 Å². The largest absolute Gasteiger partial charge is 0.380 e. The van der Waals surface area contributed by atoms with Crippen LogP contribution in [0.4, 0.5) is 0 Å². The minimum Gasteiger partial charge on any atom is -0.380 e. The molecule has 0 heterocycles. The summed E-state index contributed by atoms with van der Waals surface area (Å²) in [5.74, 6) is 0. The molecule has 0 unspecified atom stereocenters. The minimum atomic E-state index is 0.657. The van der Waals surface area contributed by atoms with Crippen molar-refractivity contribution in [3.8, 4) is 11.1 Å². The van der Waals surface area contributed by atoms with E-state index in [0.717, 1.165) is 4.47 Å². The van der Waals surface area contributed by atoms with Gasteiger partial charge in [-0.2, -0.15) is 0 Å². The molecule has 0 amide bonds. The summed E-state index contributed by atoms with van der Waals surface area (Å²) in [6.45, 7) is 0.657. The van der Waals surface area contributed by atoms with Crippen LogP contribution in [0.15, 0.2) is 53.0 Å². The second kappa shape index (κ2) is 5.28. The highest BCUT2D eigenvalue weighted by Crippen LogP contribution is 2.22. The smallest absolute Gasteiger partial charge is 0.0713 e. The maximum absolute atomic E-state index is 5.13. The highest BCUT2D eigenvalue weighted by molar-refractivity contribution is 9.10. The summed E-state index contributed by atoms with van der Waals surface area (Å²) in [7, 11) is 1.71. The SMILES string of the molecule is COCc1cccc(-c2ccc(Br)cc2)c1. The first-order valence-electron chi connectivity index (χ1n) is 5.13. The fraction of sp³-hybridized carbons (Fsp3) is 0.143. The van der Waals surface area contributed by atoms with Crippen LogP contribution in [0, 0.1) is 0 Å². The summed E-state index contributed by atoms with van der Waals surface area (Å²) in [5.41, 5.74) is 3.64. The lowest BCUT2D eigenvalue weighted by atomic mass is 10.0. The van der Waals surface area contributed by atoms with Gasteiger partial charge < -0.3 is 4.74 Å². The van der Waals surface area contributed by atoms with Gasteiger partial charge >= 0.3 is 0 Å². The Kier molecular flexibility index (Phi) is 3.75. The van der Waals surface area contributed by atoms with Gasteiger partial charge in [0.1, 0.15) is 0 Å². The molecule has 0 spiro atoms. The molecule has 0 aliphatic heterocycles. The number of methoxy groups -OCH3 is 1. The molecule has 0 N–H and O–H groups in total.